The molecule has 3 nitrogen and oxygen atoms in total. The molecule has 2 saturated heterocycles. The Morgan fingerprint density at radius 3 is 2.38 bits per heavy atom. The maximum Gasteiger partial charge on any atom is 0.254 e. The predicted molar refractivity (Wildman–Crippen MR) is 73.9 cm³/mol. The van der Waals surface area contributed by atoms with Crippen molar-refractivity contribution in [3.05, 3.63) is 35.4 Å². The zero-order chi connectivity index (χ0) is 14.8. The van der Waals surface area contributed by atoms with Crippen LogP contribution in [0.1, 0.15) is 29.6 Å². The summed E-state index contributed by atoms with van der Waals surface area (Å²) in [6.45, 7) is 2.94. The third kappa shape index (κ3) is 3.23. The predicted octanol–water partition coefficient (Wildman–Crippen LogP) is 2.85. The molecule has 1 aromatic rings. The topological polar surface area (TPSA) is 29.5 Å². The summed E-state index contributed by atoms with van der Waals surface area (Å²) in [7, 11) is 0. The van der Waals surface area contributed by atoms with Crippen molar-refractivity contribution in [2.75, 3.05) is 26.3 Å². The van der Waals surface area contributed by atoms with Crippen LogP contribution >= 0.6 is 0 Å². The fraction of sp³-hybridized carbons (Fsp3) is 0.562. The first-order chi connectivity index (χ1) is 10.1. The Hall–Kier alpha value is -1.49. The van der Waals surface area contributed by atoms with Gasteiger partial charge in [0.1, 0.15) is 11.6 Å². The molecular weight excluding hydrogens is 276 g/mol. The Morgan fingerprint density at radius 2 is 1.71 bits per heavy atom. The van der Waals surface area contributed by atoms with Gasteiger partial charge in [0.2, 0.25) is 0 Å². The molecule has 1 atom stereocenters. The van der Waals surface area contributed by atoms with Crippen molar-refractivity contribution >= 4 is 5.91 Å². The summed E-state index contributed by atoms with van der Waals surface area (Å²) < 4.78 is 31.8. The largest absolute Gasteiger partial charge is 0.381 e. The second-order valence-electron chi connectivity index (χ2n) is 5.91. The molecule has 0 spiro atoms. The van der Waals surface area contributed by atoms with E-state index in [9.17, 15) is 13.6 Å². The first-order valence-electron chi connectivity index (χ1n) is 7.46. The quantitative estimate of drug-likeness (QED) is 0.839. The van der Waals surface area contributed by atoms with Gasteiger partial charge in [-0.1, -0.05) is 0 Å². The van der Waals surface area contributed by atoms with E-state index in [1.165, 1.54) is 0 Å². The molecule has 0 unspecified atom stereocenters. The summed E-state index contributed by atoms with van der Waals surface area (Å²) in [5.41, 5.74) is 0.0973. The van der Waals surface area contributed by atoms with Gasteiger partial charge in [-0.25, -0.2) is 8.78 Å². The monoisotopic (exact) mass is 295 g/mol. The number of amides is 1. The first kappa shape index (κ1) is 14.4. The minimum Gasteiger partial charge on any atom is -0.381 e. The molecule has 0 N–H and O–H groups in total. The third-order valence-corrected chi connectivity index (χ3v) is 4.55. The van der Waals surface area contributed by atoms with E-state index in [2.05, 4.69) is 0 Å². The number of nitrogens with zero attached hydrogens (tertiary/aromatic N) is 1. The maximum atomic E-state index is 13.2. The number of ether oxygens (including phenoxy) is 1. The van der Waals surface area contributed by atoms with Gasteiger partial charge in [0, 0.05) is 37.9 Å². The molecule has 0 aliphatic carbocycles. The fourth-order valence-corrected chi connectivity index (χ4v) is 3.40. The van der Waals surface area contributed by atoms with E-state index in [0.29, 0.717) is 24.9 Å². The van der Waals surface area contributed by atoms with Crippen LogP contribution < -0.4 is 0 Å². The van der Waals surface area contributed by atoms with E-state index in [1.807, 2.05) is 0 Å². The first-order valence-corrected chi connectivity index (χ1v) is 7.46. The molecule has 2 heterocycles. The van der Waals surface area contributed by atoms with Gasteiger partial charge in [-0.3, -0.25) is 4.79 Å². The van der Waals surface area contributed by atoms with Gasteiger partial charge in [0.15, 0.2) is 0 Å². The number of rotatable bonds is 2. The average Bonchev–Trinajstić information content (AvgIpc) is 2.96. The van der Waals surface area contributed by atoms with Gasteiger partial charge in [0.05, 0.1) is 0 Å². The summed E-state index contributed by atoms with van der Waals surface area (Å²) in [5.74, 6) is -0.614. The highest BCUT2D eigenvalue weighted by atomic mass is 19.1. The highest BCUT2D eigenvalue weighted by molar-refractivity contribution is 5.94. The lowest BCUT2D eigenvalue weighted by molar-refractivity contribution is 0.0471. The summed E-state index contributed by atoms with van der Waals surface area (Å²) >= 11 is 0. The van der Waals surface area contributed by atoms with Crippen molar-refractivity contribution in [1.82, 2.24) is 4.90 Å². The van der Waals surface area contributed by atoms with Crippen molar-refractivity contribution in [2.24, 2.45) is 11.8 Å². The highest BCUT2D eigenvalue weighted by Gasteiger charge is 2.33. The molecular formula is C16H19F2NO2. The standard InChI is InChI=1S/C16H19F2NO2/c17-14-7-13(8-15(18)9-14)16(20)19-4-1-12(10-19)11-2-5-21-6-3-11/h7-9,11-12H,1-6,10H2/t12-/m1/s1. The Kier molecular flexibility index (Phi) is 4.19. The maximum absolute atomic E-state index is 13.2. The summed E-state index contributed by atoms with van der Waals surface area (Å²) in [4.78, 5) is 14.1. The lowest BCUT2D eigenvalue weighted by Gasteiger charge is -2.27. The van der Waals surface area contributed by atoms with E-state index < -0.39 is 11.6 Å². The number of benzene rings is 1. The van der Waals surface area contributed by atoms with Crippen LogP contribution in [0, 0.1) is 23.5 Å². The molecule has 2 aliphatic heterocycles. The average molecular weight is 295 g/mol. The Labute approximate surface area is 122 Å². The van der Waals surface area contributed by atoms with Crippen LogP contribution in [0.2, 0.25) is 0 Å². The van der Waals surface area contributed by atoms with Gasteiger partial charge in [-0.15, -0.1) is 0 Å². The Balaban J connectivity index is 1.66. The lowest BCUT2D eigenvalue weighted by atomic mass is 9.85. The van der Waals surface area contributed by atoms with E-state index in [1.54, 1.807) is 4.90 Å². The number of hydrogen-bond acceptors (Lipinski definition) is 2. The summed E-state index contributed by atoms with van der Waals surface area (Å²) in [6, 6.07) is 2.99. The zero-order valence-electron chi connectivity index (χ0n) is 11.9. The van der Waals surface area contributed by atoms with Crippen molar-refractivity contribution in [2.45, 2.75) is 19.3 Å². The Morgan fingerprint density at radius 1 is 1.05 bits per heavy atom. The van der Waals surface area contributed by atoms with E-state index in [-0.39, 0.29) is 11.5 Å². The normalized spacial score (nSPS) is 23.5. The summed E-state index contributed by atoms with van der Waals surface area (Å²) in [5, 5.41) is 0. The molecule has 5 heteroatoms. The molecule has 21 heavy (non-hydrogen) atoms. The molecule has 0 aromatic heterocycles. The molecule has 114 valence electrons. The van der Waals surface area contributed by atoms with Gasteiger partial charge in [0.25, 0.3) is 5.91 Å². The Bertz CT molecular complexity index is 509. The second kappa shape index (κ2) is 6.10. The smallest absolute Gasteiger partial charge is 0.254 e. The van der Waals surface area contributed by atoms with Crippen LogP contribution in [0.15, 0.2) is 18.2 Å². The lowest BCUT2D eigenvalue weighted by Crippen LogP contribution is -2.31. The van der Waals surface area contributed by atoms with E-state index in [4.69, 9.17) is 4.74 Å². The van der Waals surface area contributed by atoms with Crippen LogP contribution in [0.25, 0.3) is 0 Å². The summed E-state index contributed by atoms with van der Waals surface area (Å²) in [6.07, 6.45) is 3.05. The van der Waals surface area contributed by atoms with Crippen molar-refractivity contribution < 1.29 is 18.3 Å². The zero-order valence-corrected chi connectivity index (χ0v) is 11.9. The van der Waals surface area contributed by atoms with Crippen LogP contribution in [-0.2, 0) is 4.74 Å². The van der Waals surface area contributed by atoms with Crippen molar-refractivity contribution in [1.29, 1.82) is 0 Å². The molecule has 1 aromatic carbocycles. The van der Waals surface area contributed by atoms with Crippen LogP contribution in [-0.4, -0.2) is 37.1 Å². The molecule has 0 radical (unpaired) electrons. The van der Waals surface area contributed by atoms with Gasteiger partial charge in [-0.2, -0.15) is 0 Å². The van der Waals surface area contributed by atoms with Gasteiger partial charge < -0.3 is 9.64 Å². The number of likely N-dealkylation sites (tertiary alicyclic amines) is 1. The van der Waals surface area contributed by atoms with Crippen LogP contribution in [0.5, 0.6) is 0 Å². The van der Waals surface area contributed by atoms with Crippen molar-refractivity contribution in [3.63, 3.8) is 0 Å². The molecule has 3 rings (SSSR count). The van der Waals surface area contributed by atoms with Gasteiger partial charge in [-0.05, 0) is 43.2 Å². The molecule has 2 fully saturated rings. The molecule has 0 bridgehead atoms. The second-order valence-corrected chi connectivity index (χ2v) is 5.91. The van der Waals surface area contributed by atoms with E-state index in [0.717, 1.165) is 50.7 Å². The number of carbonyl (C=O) groups excluding carboxylic acids is 1. The number of hydrogen-bond donors (Lipinski definition) is 0. The number of carbonyl (C=O) groups is 1. The fourth-order valence-electron chi connectivity index (χ4n) is 3.40. The highest BCUT2D eigenvalue weighted by Crippen LogP contribution is 2.31. The molecule has 1 amide bonds. The van der Waals surface area contributed by atoms with Crippen molar-refractivity contribution in [3.8, 4) is 0 Å². The minimum atomic E-state index is -0.710. The van der Waals surface area contributed by atoms with Crippen LogP contribution in [0.4, 0.5) is 8.78 Å². The molecule has 0 saturated carbocycles. The van der Waals surface area contributed by atoms with Crippen LogP contribution in [0.3, 0.4) is 0 Å². The minimum absolute atomic E-state index is 0.0973. The number of halogens is 2. The molecule has 2 aliphatic rings. The SMILES string of the molecule is O=C(c1cc(F)cc(F)c1)N1CC[C@@H](C2CCOCC2)C1. The van der Waals surface area contributed by atoms with E-state index >= 15 is 0 Å². The third-order valence-electron chi connectivity index (χ3n) is 4.55. The van der Waals surface area contributed by atoms with Gasteiger partial charge >= 0.3 is 0 Å².